The van der Waals surface area contributed by atoms with Crippen LogP contribution in [0.15, 0.2) is 23.1 Å². The van der Waals surface area contributed by atoms with Crippen molar-refractivity contribution >= 4 is 17.4 Å². The Morgan fingerprint density at radius 2 is 1.73 bits per heavy atom. The van der Waals surface area contributed by atoms with Crippen molar-refractivity contribution in [1.82, 2.24) is 0 Å². The number of benzene rings is 1. The van der Waals surface area contributed by atoms with Crippen molar-refractivity contribution in [2.45, 2.75) is 76.5 Å². The molecule has 1 aromatic rings. The maximum absolute atomic E-state index is 11.3. The van der Waals surface area contributed by atoms with Crippen LogP contribution in [0, 0.1) is 10.1 Å². The van der Waals surface area contributed by atoms with E-state index in [9.17, 15) is 10.1 Å². The predicted octanol–water partition coefficient (Wildman–Crippen LogP) is 6.34. The number of hydrogen-bond donors (Lipinski definition) is 0. The van der Waals surface area contributed by atoms with Crippen LogP contribution < -0.4 is 0 Å². The average Bonchev–Trinajstić information content (AvgIpc) is 2.45. The summed E-state index contributed by atoms with van der Waals surface area (Å²) in [5.74, 6) is 0.960. The Hall–Kier alpha value is -1.03. The van der Waals surface area contributed by atoms with Gasteiger partial charge in [-0.05, 0) is 29.2 Å². The molecule has 0 bridgehead atoms. The lowest BCUT2D eigenvalue weighted by Crippen LogP contribution is -2.11. The van der Waals surface area contributed by atoms with E-state index in [2.05, 4.69) is 27.7 Å². The smallest absolute Gasteiger partial charge is 0.258 e. The highest BCUT2D eigenvalue weighted by Gasteiger charge is 2.20. The minimum Gasteiger partial charge on any atom is -0.258 e. The normalized spacial score (nSPS) is 11.6. The third-order valence-corrected chi connectivity index (χ3v) is 4.93. The second kappa shape index (κ2) is 9.19. The second-order valence-electron chi connectivity index (χ2n) is 6.81. The van der Waals surface area contributed by atoms with E-state index in [-0.39, 0.29) is 16.0 Å². The van der Waals surface area contributed by atoms with Gasteiger partial charge in [0.15, 0.2) is 0 Å². The van der Waals surface area contributed by atoms with E-state index in [1.807, 2.05) is 12.1 Å². The van der Waals surface area contributed by atoms with Crippen molar-refractivity contribution in [3.05, 3.63) is 33.9 Å². The number of thioether (sulfide) groups is 1. The highest BCUT2D eigenvalue weighted by Crippen LogP contribution is 2.34. The van der Waals surface area contributed by atoms with E-state index < -0.39 is 0 Å². The van der Waals surface area contributed by atoms with Crippen LogP contribution in [0.4, 0.5) is 5.69 Å². The van der Waals surface area contributed by atoms with Crippen LogP contribution in [0.2, 0.25) is 0 Å². The van der Waals surface area contributed by atoms with Crippen LogP contribution in [0.1, 0.15) is 71.8 Å². The maximum atomic E-state index is 11.3. The lowest BCUT2D eigenvalue weighted by molar-refractivity contribution is -0.387. The van der Waals surface area contributed by atoms with Gasteiger partial charge in [-0.25, -0.2) is 0 Å². The van der Waals surface area contributed by atoms with Crippen LogP contribution in [-0.4, -0.2) is 10.7 Å². The van der Waals surface area contributed by atoms with Gasteiger partial charge >= 0.3 is 0 Å². The van der Waals surface area contributed by atoms with Crippen molar-refractivity contribution in [2.75, 3.05) is 5.75 Å². The molecule has 22 heavy (non-hydrogen) atoms. The fourth-order valence-corrected chi connectivity index (χ4v) is 3.33. The summed E-state index contributed by atoms with van der Waals surface area (Å²) in [7, 11) is 0. The molecular weight excluding hydrogens is 294 g/mol. The molecule has 0 aromatic heterocycles. The van der Waals surface area contributed by atoms with Gasteiger partial charge in [-0.3, -0.25) is 10.1 Å². The minimum absolute atomic E-state index is 0.0623. The highest BCUT2D eigenvalue weighted by molar-refractivity contribution is 7.99. The minimum atomic E-state index is -0.251. The highest BCUT2D eigenvalue weighted by atomic mass is 32.2. The van der Waals surface area contributed by atoms with E-state index in [0.29, 0.717) is 0 Å². The lowest BCUT2D eigenvalue weighted by atomic mass is 9.87. The van der Waals surface area contributed by atoms with E-state index in [1.54, 1.807) is 17.8 Å². The van der Waals surface area contributed by atoms with Gasteiger partial charge < -0.3 is 0 Å². The van der Waals surface area contributed by atoms with Gasteiger partial charge in [-0.15, -0.1) is 11.8 Å². The van der Waals surface area contributed by atoms with Crippen molar-refractivity contribution in [2.24, 2.45) is 0 Å². The molecule has 0 saturated heterocycles. The summed E-state index contributed by atoms with van der Waals surface area (Å²) in [6, 6.07) is 5.68. The molecule has 0 spiro atoms. The molecule has 3 nitrogen and oxygen atoms in total. The van der Waals surface area contributed by atoms with Gasteiger partial charge in [-0.1, -0.05) is 65.9 Å². The molecule has 0 atom stereocenters. The molecule has 0 saturated carbocycles. The average molecular weight is 324 g/mol. The Morgan fingerprint density at radius 3 is 2.32 bits per heavy atom. The molecule has 0 fully saturated rings. The topological polar surface area (TPSA) is 43.1 Å². The van der Waals surface area contributed by atoms with Crippen molar-refractivity contribution < 1.29 is 4.92 Å². The van der Waals surface area contributed by atoms with Gasteiger partial charge in [0.05, 0.1) is 9.82 Å². The first-order valence-electron chi connectivity index (χ1n) is 8.28. The Bertz CT molecular complexity index is 480. The van der Waals surface area contributed by atoms with Crippen LogP contribution in [0.5, 0.6) is 0 Å². The largest absolute Gasteiger partial charge is 0.283 e. The molecule has 1 rings (SSSR count). The maximum Gasteiger partial charge on any atom is 0.283 e. The zero-order valence-corrected chi connectivity index (χ0v) is 15.2. The Kier molecular flexibility index (Phi) is 7.94. The Morgan fingerprint density at radius 1 is 1.09 bits per heavy atom. The molecule has 124 valence electrons. The van der Waals surface area contributed by atoms with Crippen LogP contribution in [0.25, 0.3) is 0 Å². The molecule has 1 aromatic carbocycles. The van der Waals surface area contributed by atoms with Crippen LogP contribution in [0.3, 0.4) is 0 Å². The molecule has 0 unspecified atom stereocenters. The molecule has 0 heterocycles. The van der Waals surface area contributed by atoms with Crippen molar-refractivity contribution in [1.29, 1.82) is 0 Å². The summed E-state index contributed by atoms with van der Waals surface area (Å²) in [5, 5.41) is 11.3. The molecule has 0 N–H and O–H groups in total. The summed E-state index contributed by atoms with van der Waals surface area (Å²) in [6.45, 7) is 8.45. The molecule has 0 amide bonds. The summed E-state index contributed by atoms with van der Waals surface area (Å²) < 4.78 is 0. The first kappa shape index (κ1) is 19.0. The Labute approximate surface area is 139 Å². The van der Waals surface area contributed by atoms with Crippen LogP contribution in [-0.2, 0) is 5.41 Å². The first-order chi connectivity index (χ1) is 10.4. The van der Waals surface area contributed by atoms with Gasteiger partial charge in [0.1, 0.15) is 0 Å². The third kappa shape index (κ3) is 6.39. The van der Waals surface area contributed by atoms with E-state index in [1.165, 1.54) is 32.1 Å². The number of nitrogens with zero attached hydrogens (tertiary/aromatic N) is 1. The monoisotopic (exact) mass is 323 g/mol. The van der Waals surface area contributed by atoms with Gasteiger partial charge in [0.2, 0.25) is 0 Å². The van der Waals surface area contributed by atoms with E-state index in [0.717, 1.165) is 22.6 Å². The molecule has 0 aliphatic rings. The number of hydrogen-bond acceptors (Lipinski definition) is 3. The first-order valence-corrected chi connectivity index (χ1v) is 9.26. The van der Waals surface area contributed by atoms with Crippen LogP contribution >= 0.6 is 11.8 Å². The standard InChI is InChI=1S/C18H29NO2S/c1-5-6-7-8-9-10-13-22-17-12-11-15(18(2,3)4)14-16(17)19(20)21/h11-12,14H,5-10,13H2,1-4H3. The summed E-state index contributed by atoms with van der Waals surface area (Å²) in [5.41, 5.74) is 1.21. The van der Waals surface area contributed by atoms with Crippen molar-refractivity contribution in [3.63, 3.8) is 0 Å². The zero-order valence-electron chi connectivity index (χ0n) is 14.4. The van der Waals surface area contributed by atoms with Crippen molar-refractivity contribution in [3.8, 4) is 0 Å². The van der Waals surface area contributed by atoms with E-state index >= 15 is 0 Å². The molecule has 0 aliphatic heterocycles. The Balaban J connectivity index is 2.57. The molecule has 4 heteroatoms. The summed E-state index contributed by atoms with van der Waals surface area (Å²) in [6.07, 6.45) is 7.52. The number of nitro benzene ring substituents is 1. The SMILES string of the molecule is CCCCCCCCSc1ccc(C(C)(C)C)cc1[N+](=O)[O-]. The second-order valence-corrected chi connectivity index (χ2v) is 7.94. The predicted molar refractivity (Wildman–Crippen MR) is 95.9 cm³/mol. The van der Waals surface area contributed by atoms with Gasteiger partial charge in [0.25, 0.3) is 5.69 Å². The quantitative estimate of drug-likeness (QED) is 0.230. The number of rotatable bonds is 9. The third-order valence-electron chi connectivity index (χ3n) is 3.78. The fraction of sp³-hybridized carbons (Fsp3) is 0.667. The summed E-state index contributed by atoms with van der Waals surface area (Å²) >= 11 is 1.62. The number of unbranched alkanes of at least 4 members (excludes halogenated alkanes) is 5. The molecular formula is C18H29NO2S. The number of nitro groups is 1. The van der Waals surface area contributed by atoms with Gasteiger partial charge in [-0.2, -0.15) is 0 Å². The molecule has 0 radical (unpaired) electrons. The fourth-order valence-electron chi connectivity index (χ4n) is 2.31. The van der Waals surface area contributed by atoms with E-state index in [4.69, 9.17) is 0 Å². The zero-order chi connectivity index (χ0) is 16.6. The van der Waals surface area contributed by atoms with Gasteiger partial charge in [0, 0.05) is 6.07 Å². The lowest BCUT2D eigenvalue weighted by Gasteiger charge is -2.19. The summed E-state index contributed by atoms with van der Waals surface area (Å²) in [4.78, 5) is 11.8. The molecule has 0 aliphatic carbocycles.